The first kappa shape index (κ1) is 10.4. The number of carbonyl (C=O) groups excluding carboxylic acids is 1. The van der Waals surface area contributed by atoms with Gasteiger partial charge in [0.2, 0.25) is 0 Å². The lowest BCUT2D eigenvalue weighted by Crippen LogP contribution is -2.27. The van der Waals surface area contributed by atoms with Gasteiger partial charge in [0.05, 0.1) is 6.54 Å². The molecule has 0 aliphatic carbocycles. The van der Waals surface area contributed by atoms with E-state index in [0.717, 1.165) is 25.1 Å². The van der Waals surface area contributed by atoms with Gasteiger partial charge in [-0.25, -0.2) is 0 Å². The van der Waals surface area contributed by atoms with Gasteiger partial charge >= 0.3 is 0 Å². The minimum atomic E-state index is 0.316. The Labute approximate surface area is 90.9 Å². The molecule has 1 radical (unpaired) electrons. The Hall–Kier alpha value is -1.15. The summed E-state index contributed by atoms with van der Waals surface area (Å²) in [5.41, 5.74) is 1.12. The standard InChI is InChI=1S/C13H16NO/c15-13(11-14-8-4-5-9-14)10-12-6-2-1-3-7-12/h1-4,6-7H,5,8-11H2. The zero-order chi connectivity index (χ0) is 10.5. The summed E-state index contributed by atoms with van der Waals surface area (Å²) in [5, 5.41) is 0. The van der Waals surface area contributed by atoms with Gasteiger partial charge in [0.25, 0.3) is 0 Å². The Kier molecular flexibility index (Phi) is 3.51. The summed E-state index contributed by atoms with van der Waals surface area (Å²) in [6.07, 6.45) is 3.92. The first-order valence-electron chi connectivity index (χ1n) is 5.44. The first-order valence-corrected chi connectivity index (χ1v) is 5.44. The Bertz CT molecular complexity index is 315. The molecule has 2 heteroatoms. The van der Waals surface area contributed by atoms with Gasteiger partial charge in [-0.15, -0.1) is 0 Å². The molecule has 15 heavy (non-hydrogen) atoms. The van der Waals surface area contributed by atoms with Gasteiger partial charge in [-0.2, -0.15) is 0 Å². The third kappa shape index (κ3) is 3.17. The zero-order valence-electron chi connectivity index (χ0n) is 8.86. The van der Waals surface area contributed by atoms with Crippen molar-refractivity contribution in [1.82, 2.24) is 4.90 Å². The van der Waals surface area contributed by atoms with Crippen LogP contribution in [0.2, 0.25) is 0 Å². The van der Waals surface area contributed by atoms with Crippen molar-refractivity contribution in [1.29, 1.82) is 0 Å². The average molecular weight is 202 g/mol. The van der Waals surface area contributed by atoms with Crippen LogP contribution in [-0.4, -0.2) is 30.3 Å². The van der Waals surface area contributed by atoms with E-state index in [-0.39, 0.29) is 0 Å². The highest BCUT2D eigenvalue weighted by atomic mass is 16.1. The van der Waals surface area contributed by atoms with Crippen LogP contribution in [0.15, 0.2) is 30.3 Å². The SMILES string of the molecule is O=C(Cc1ccccc1)CN1C[CH]CC1. The summed E-state index contributed by atoms with van der Waals surface area (Å²) in [6, 6.07) is 9.95. The highest BCUT2D eigenvalue weighted by molar-refractivity contribution is 5.82. The summed E-state index contributed by atoms with van der Waals surface area (Å²) >= 11 is 0. The van der Waals surface area contributed by atoms with Crippen LogP contribution in [0, 0.1) is 6.42 Å². The number of hydrogen-bond acceptors (Lipinski definition) is 2. The third-order valence-corrected chi connectivity index (χ3v) is 2.68. The van der Waals surface area contributed by atoms with Crippen LogP contribution in [0.5, 0.6) is 0 Å². The highest BCUT2D eigenvalue weighted by Crippen LogP contribution is 2.07. The molecule has 0 unspecified atom stereocenters. The average Bonchev–Trinajstić information content (AvgIpc) is 2.71. The minimum Gasteiger partial charge on any atom is -0.298 e. The largest absolute Gasteiger partial charge is 0.298 e. The number of carbonyl (C=O) groups is 1. The Morgan fingerprint density at radius 1 is 1.27 bits per heavy atom. The molecule has 0 bridgehead atoms. The van der Waals surface area contributed by atoms with E-state index in [1.54, 1.807) is 0 Å². The quantitative estimate of drug-likeness (QED) is 0.740. The van der Waals surface area contributed by atoms with Gasteiger partial charge in [-0.1, -0.05) is 30.3 Å². The van der Waals surface area contributed by atoms with Crippen molar-refractivity contribution in [3.8, 4) is 0 Å². The van der Waals surface area contributed by atoms with Crippen molar-refractivity contribution in [3.05, 3.63) is 42.3 Å². The maximum absolute atomic E-state index is 11.7. The van der Waals surface area contributed by atoms with Gasteiger partial charge < -0.3 is 0 Å². The Morgan fingerprint density at radius 3 is 2.73 bits per heavy atom. The van der Waals surface area contributed by atoms with Crippen LogP contribution in [0.1, 0.15) is 12.0 Å². The lowest BCUT2D eigenvalue weighted by Gasteiger charge is -2.12. The van der Waals surface area contributed by atoms with Gasteiger partial charge in [0.1, 0.15) is 0 Å². The maximum Gasteiger partial charge on any atom is 0.151 e. The van der Waals surface area contributed by atoms with E-state index in [1.807, 2.05) is 30.3 Å². The summed E-state index contributed by atoms with van der Waals surface area (Å²) < 4.78 is 0. The second-order valence-electron chi connectivity index (χ2n) is 4.01. The molecule has 0 amide bonds. The topological polar surface area (TPSA) is 20.3 Å². The third-order valence-electron chi connectivity index (χ3n) is 2.68. The molecule has 2 nitrogen and oxygen atoms in total. The van der Waals surface area contributed by atoms with Crippen LogP contribution >= 0.6 is 0 Å². The van der Waals surface area contributed by atoms with Crippen molar-refractivity contribution in [2.75, 3.05) is 19.6 Å². The minimum absolute atomic E-state index is 0.316. The molecule has 0 saturated carbocycles. The molecule has 0 spiro atoms. The molecule has 0 N–H and O–H groups in total. The van der Waals surface area contributed by atoms with E-state index in [2.05, 4.69) is 11.3 Å². The Balaban J connectivity index is 1.82. The van der Waals surface area contributed by atoms with Gasteiger partial charge in [-0.3, -0.25) is 9.69 Å². The van der Waals surface area contributed by atoms with E-state index in [4.69, 9.17) is 0 Å². The van der Waals surface area contributed by atoms with E-state index in [0.29, 0.717) is 18.7 Å². The number of rotatable bonds is 4. The predicted molar refractivity (Wildman–Crippen MR) is 60.5 cm³/mol. The first-order chi connectivity index (χ1) is 7.34. The summed E-state index contributed by atoms with van der Waals surface area (Å²) in [5.74, 6) is 0.316. The number of nitrogens with zero attached hydrogens (tertiary/aromatic N) is 1. The van der Waals surface area contributed by atoms with Crippen LogP contribution in [0.4, 0.5) is 0 Å². The number of likely N-dealkylation sites (tertiary alicyclic amines) is 1. The molecule has 1 aromatic rings. The molecule has 2 rings (SSSR count). The lowest BCUT2D eigenvalue weighted by atomic mass is 10.1. The molecular formula is C13H16NO. The van der Waals surface area contributed by atoms with Crippen molar-refractivity contribution < 1.29 is 4.79 Å². The molecule has 1 aliphatic rings. The molecule has 0 atom stereocenters. The predicted octanol–water partition coefficient (Wildman–Crippen LogP) is 1.71. The van der Waals surface area contributed by atoms with Crippen LogP contribution in [0.25, 0.3) is 0 Å². The zero-order valence-corrected chi connectivity index (χ0v) is 8.86. The van der Waals surface area contributed by atoms with Crippen molar-refractivity contribution in [3.63, 3.8) is 0 Å². The van der Waals surface area contributed by atoms with Gasteiger partial charge in [0.15, 0.2) is 5.78 Å². The van der Waals surface area contributed by atoms with Crippen LogP contribution < -0.4 is 0 Å². The van der Waals surface area contributed by atoms with E-state index < -0.39 is 0 Å². The van der Waals surface area contributed by atoms with E-state index in [1.165, 1.54) is 0 Å². The normalized spacial score (nSPS) is 16.8. The molecular weight excluding hydrogens is 186 g/mol. The number of hydrogen-bond donors (Lipinski definition) is 0. The smallest absolute Gasteiger partial charge is 0.151 e. The maximum atomic E-state index is 11.7. The van der Waals surface area contributed by atoms with Crippen molar-refractivity contribution in [2.24, 2.45) is 0 Å². The summed E-state index contributed by atoms with van der Waals surface area (Å²) in [7, 11) is 0. The Morgan fingerprint density at radius 2 is 2.07 bits per heavy atom. The van der Waals surface area contributed by atoms with Gasteiger partial charge in [0, 0.05) is 13.0 Å². The number of ketones is 1. The van der Waals surface area contributed by atoms with Crippen LogP contribution in [0.3, 0.4) is 0 Å². The highest BCUT2D eigenvalue weighted by Gasteiger charge is 2.15. The molecule has 1 aliphatic heterocycles. The summed E-state index contributed by atoms with van der Waals surface area (Å²) in [4.78, 5) is 13.9. The summed E-state index contributed by atoms with van der Waals surface area (Å²) in [6.45, 7) is 2.62. The van der Waals surface area contributed by atoms with Crippen molar-refractivity contribution in [2.45, 2.75) is 12.8 Å². The fourth-order valence-corrected chi connectivity index (χ4v) is 1.91. The molecule has 79 valence electrons. The van der Waals surface area contributed by atoms with E-state index >= 15 is 0 Å². The fraction of sp³-hybridized carbons (Fsp3) is 0.385. The molecule has 0 aromatic heterocycles. The van der Waals surface area contributed by atoms with Crippen LogP contribution in [-0.2, 0) is 11.2 Å². The number of Topliss-reactive ketones (excluding diaryl/α,β-unsaturated/α-hetero) is 1. The molecule has 1 heterocycles. The monoisotopic (exact) mass is 202 g/mol. The molecule has 1 saturated heterocycles. The van der Waals surface area contributed by atoms with E-state index in [9.17, 15) is 4.79 Å². The van der Waals surface area contributed by atoms with Crippen molar-refractivity contribution >= 4 is 5.78 Å². The fourth-order valence-electron chi connectivity index (χ4n) is 1.91. The second kappa shape index (κ2) is 5.08. The number of benzene rings is 1. The lowest BCUT2D eigenvalue weighted by molar-refractivity contribution is -0.119. The molecule has 1 aromatic carbocycles. The second-order valence-corrected chi connectivity index (χ2v) is 4.01. The molecule has 1 fully saturated rings. The van der Waals surface area contributed by atoms with Gasteiger partial charge in [-0.05, 0) is 24.9 Å².